The molecule has 0 spiro atoms. The Morgan fingerprint density at radius 2 is 1.96 bits per heavy atom. The Bertz CT molecular complexity index is 744. The van der Waals surface area contributed by atoms with Crippen LogP contribution in [0, 0.1) is 6.92 Å². The van der Waals surface area contributed by atoms with Gasteiger partial charge in [-0.25, -0.2) is 4.98 Å². The normalized spacial score (nSPS) is 11.3. The van der Waals surface area contributed by atoms with Crippen LogP contribution in [0.2, 0.25) is 0 Å². The summed E-state index contributed by atoms with van der Waals surface area (Å²) in [7, 11) is 3.75. The van der Waals surface area contributed by atoms with Gasteiger partial charge >= 0.3 is 0 Å². The van der Waals surface area contributed by atoms with E-state index in [0.29, 0.717) is 18.7 Å². The average Bonchev–Trinajstić information content (AvgIpc) is 3.03. The molecule has 6 nitrogen and oxygen atoms in total. The lowest BCUT2D eigenvalue weighted by Crippen LogP contribution is -2.39. The molecule has 2 rings (SSSR count). The van der Waals surface area contributed by atoms with Gasteiger partial charge in [0.2, 0.25) is 0 Å². The molecule has 2 N–H and O–H groups in total. The number of carbonyl (C=O) groups is 1. The Balaban J connectivity index is 1.68. The fourth-order valence-corrected chi connectivity index (χ4v) is 3.25. The summed E-state index contributed by atoms with van der Waals surface area (Å²) in [5, 5.41) is 9.37. The van der Waals surface area contributed by atoms with E-state index in [1.165, 1.54) is 0 Å². The van der Waals surface area contributed by atoms with E-state index >= 15 is 0 Å². The first kappa shape index (κ1) is 20.4. The van der Waals surface area contributed by atoms with Crippen LogP contribution in [-0.2, 0) is 6.54 Å². The van der Waals surface area contributed by atoms with Crippen LogP contribution < -0.4 is 10.6 Å². The Morgan fingerprint density at radius 1 is 1.27 bits per heavy atom. The number of rotatable bonds is 7. The second-order valence-corrected chi connectivity index (χ2v) is 7.78. The number of halogens is 1. The molecule has 1 aromatic carbocycles. The van der Waals surface area contributed by atoms with Gasteiger partial charge in [-0.05, 0) is 37.6 Å². The zero-order chi connectivity index (χ0) is 18.9. The van der Waals surface area contributed by atoms with E-state index in [1.54, 1.807) is 30.5 Å². The first-order chi connectivity index (χ1) is 12.5. The van der Waals surface area contributed by atoms with Crippen molar-refractivity contribution in [2.45, 2.75) is 19.9 Å². The van der Waals surface area contributed by atoms with Gasteiger partial charge in [0, 0.05) is 42.6 Å². The molecule has 26 heavy (non-hydrogen) atoms. The van der Waals surface area contributed by atoms with E-state index < -0.39 is 0 Å². The van der Waals surface area contributed by atoms with Crippen LogP contribution >= 0.6 is 27.3 Å². The highest BCUT2D eigenvalue weighted by atomic mass is 79.9. The molecule has 0 saturated heterocycles. The largest absolute Gasteiger partial charge is 0.356 e. The summed E-state index contributed by atoms with van der Waals surface area (Å²) in [4.78, 5) is 22.8. The predicted molar refractivity (Wildman–Crippen MR) is 111 cm³/mol. The van der Waals surface area contributed by atoms with E-state index in [9.17, 15) is 4.79 Å². The molecule has 0 atom stereocenters. The Hall–Kier alpha value is -1.93. The standard InChI is InChI=1S/C18H24BrN5OS/c1-13-23-16(12-26-13)11-24(3)18(20-2)22-10-4-9-21-17(25)14-5-7-15(19)8-6-14/h5-8,12H,4,9-11H2,1-3H3,(H,20,22)(H,21,25). The molecule has 1 amide bonds. The number of aryl methyl sites for hydroxylation is 1. The third-order valence-electron chi connectivity index (χ3n) is 3.67. The number of aliphatic imine (C=N–C) groups is 1. The quantitative estimate of drug-likeness (QED) is 0.396. The molecular weight excluding hydrogens is 414 g/mol. The molecule has 0 saturated carbocycles. The van der Waals surface area contributed by atoms with E-state index in [1.807, 2.05) is 31.0 Å². The van der Waals surface area contributed by atoms with Crippen molar-refractivity contribution in [3.05, 3.63) is 50.4 Å². The average molecular weight is 438 g/mol. The molecular formula is C18H24BrN5OS. The number of aromatic nitrogens is 1. The van der Waals surface area contributed by atoms with Crippen molar-refractivity contribution in [3.8, 4) is 0 Å². The SMILES string of the molecule is CN=C(NCCCNC(=O)c1ccc(Br)cc1)N(C)Cc1csc(C)n1. The highest BCUT2D eigenvalue weighted by Gasteiger charge is 2.08. The number of guanidine groups is 1. The summed E-state index contributed by atoms with van der Waals surface area (Å²) in [6.45, 7) is 4.05. The Labute approximate surface area is 166 Å². The summed E-state index contributed by atoms with van der Waals surface area (Å²) in [5.74, 6) is 0.757. The minimum atomic E-state index is -0.0575. The van der Waals surface area contributed by atoms with E-state index in [4.69, 9.17) is 0 Å². The third-order valence-corrected chi connectivity index (χ3v) is 5.02. The lowest BCUT2D eigenvalue weighted by Gasteiger charge is -2.21. The topological polar surface area (TPSA) is 69.6 Å². The van der Waals surface area contributed by atoms with E-state index in [2.05, 4.69) is 41.9 Å². The van der Waals surface area contributed by atoms with Gasteiger partial charge < -0.3 is 15.5 Å². The summed E-state index contributed by atoms with van der Waals surface area (Å²) in [5.41, 5.74) is 1.70. The first-order valence-corrected chi connectivity index (χ1v) is 10.0. The smallest absolute Gasteiger partial charge is 0.251 e. The molecule has 0 aliphatic rings. The molecule has 140 valence electrons. The highest BCUT2D eigenvalue weighted by Crippen LogP contribution is 2.11. The fourth-order valence-electron chi connectivity index (χ4n) is 2.38. The summed E-state index contributed by atoms with van der Waals surface area (Å²) < 4.78 is 0.960. The first-order valence-electron chi connectivity index (χ1n) is 8.36. The zero-order valence-corrected chi connectivity index (χ0v) is 17.7. The van der Waals surface area contributed by atoms with Gasteiger partial charge in [0.15, 0.2) is 5.96 Å². The van der Waals surface area contributed by atoms with Crippen LogP contribution in [-0.4, -0.2) is 48.9 Å². The van der Waals surface area contributed by atoms with Gasteiger partial charge in [-0.3, -0.25) is 9.79 Å². The van der Waals surface area contributed by atoms with Crippen LogP contribution in [0.1, 0.15) is 27.5 Å². The monoisotopic (exact) mass is 437 g/mol. The van der Waals surface area contributed by atoms with Crippen LogP contribution in [0.3, 0.4) is 0 Å². The van der Waals surface area contributed by atoms with Crippen LogP contribution in [0.4, 0.5) is 0 Å². The molecule has 0 fully saturated rings. The minimum absolute atomic E-state index is 0.0575. The summed E-state index contributed by atoms with van der Waals surface area (Å²) >= 11 is 5.01. The van der Waals surface area contributed by atoms with E-state index in [0.717, 1.165) is 34.1 Å². The maximum atomic E-state index is 12.0. The number of hydrogen-bond donors (Lipinski definition) is 2. The van der Waals surface area contributed by atoms with E-state index in [-0.39, 0.29) is 5.91 Å². The van der Waals surface area contributed by atoms with Crippen molar-refractivity contribution in [1.29, 1.82) is 0 Å². The summed E-state index contributed by atoms with van der Waals surface area (Å²) in [6, 6.07) is 7.32. The molecule has 0 aliphatic heterocycles. The number of thiazole rings is 1. The van der Waals surface area contributed by atoms with Gasteiger partial charge in [0.25, 0.3) is 5.91 Å². The van der Waals surface area contributed by atoms with Crippen molar-refractivity contribution in [2.75, 3.05) is 27.2 Å². The lowest BCUT2D eigenvalue weighted by atomic mass is 10.2. The van der Waals surface area contributed by atoms with Crippen LogP contribution in [0.5, 0.6) is 0 Å². The van der Waals surface area contributed by atoms with Gasteiger partial charge in [-0.2, -0.15) is 0 Å². The maximum absolute atomic E-state index is 12.0. The van der Waals surface area contributed by atoms with Crippen molar-refractivity contribution in [3.63, 3.8) is 0 Å². The number of nitrogens with zero attached hydrogens (tertiary/aromatic N) is 3. The highest BCUT2D eigenvalue weighted by molar-refractivity contribution is 9.10. The number of amides is 1. The van der Waals surface area contributed by atoms with Gasteiger partial charge in [0.1, 0.15) is 0 Å². The lowest BCUT2D eigenvalue weighted by molar-refractivity contribution is 0.0953. The number of nitrogens with one attached hydrogen (secondary N) is 2. The third kappa shape index (κ3) is 6.42. The van der Waals surface area contributed by atoms with Crippen molar-refractivity contribution < 1.29 is 4.79 Å². The Morgan fingerprint density at radius 3 is 2.58 bits per heavy atom. The summed E-state index contributed by atoms with van der Waals surface area (Å²) in [6.07, 6.45) is 0.810. The Kier molecular flexibility index (Phi) is 8.06. The van der Waals surface area contributed by atoms with Gasteiger partial charge in [-0.1, -0.05) is 15.9 Å². The zero-order valence-electron chi connectivity index (χ0n) is 15.3. The van der Waals surface area contributed by atoms with Crippen molar-refractivity contribution in [1.82, 2.24) is 20.5 Å². The number of hydrogen-bond acceptors (Lipinski definition) is 4. The molecule has 1 aromatic heterocycles. The van der Waals surface area contributed by atoms with Gasteiger partial charge in [-0.15, -0.1) is 11.3 Å². The van der Waals surface area contributed by atoms with Gasteiger partial charge in [0.05, 0.1) is 17.2 Å². The second-order valence-electron chi connectivity index (χ2n) is 5.80. The molecule has 0 aliphatic carbocycles. The second kappa shape index (κ2) is 10.3. The molecule has 1 heterocycles. The van der Waals surface area contributed by atoms with Crippen molar-refractivity contribution >= 4 is 39.1 Å². The molecule has 0 radical (unpaired) electrons. The molecule has 2 aromatic rings. The number of carbonyl (C=O) groups excluding carboxylic acids is 1. The van der Waals surface area contributed by atoms with Crippen LogP contribution in [0.25, 0.3) is 0 Å². The van der Waals surface area contributed by atoms with Crippen molar-refractivity contribution in [2.24, 2.45) is 4.99 Å². The number of benzene rings is 1. The maximum Gasteiger partial charge on any atom is 0.251 e. The van der Waals surface area contributed by atoms with Crippen LogP contribution in [0.15, 0.2) is 39.1 Å². The molecule has 0 bridgehead atoms. The molecule has 8 heteroatoms. The predicted octanol–water partition coefficient (Wildman–Crippen LogP) is 3.04. The fraction of sp³-hybridized carbons (Fsp3) is 0.389. The minimum Gasteiger partial charge on any atom is -0.356 e. The molecule has 0 unspecified atom stereocenters.